The number of carbonyl (C=O) groups excluding carboxylic acids is 3. The fraction of sp³-hybridized carbons (Fsp3) is 0.344. The first-order valence-electron chi connectivity index (χ1n) is 13.9. The van der Waals surface area contributed by atoms with Gasteiger partial charge in [0, 0.05) is 37.7 Å². The number of likely N-dealkylation sites (N-methyl/N-ethyl adjacent to an activating group) is 1. The summed E-state index contributed by atoms with van der Waals surface area (Å²) in [7, 11) is 0. The van der Waals surface area contributed by atoms with E-state index in [1.165, 1.54) is 0 Å². The Morgan fingerprint density at radius 1 is 0.900 bits per heavy atom. The molecule has 3 aromatic carbocycles. The van der Waals surface area contributed by atoms with Gasteiger partial charge >= 0.3 is 6.09 Å². The molecule has 0 radical (unpaired) electrons. The van der Waals surface area contributed by atoms with Crippen LogP contribution >= 0.6 is 0 Å². The molecule has 1 unspecified atom stereocenters. The van der Waals surface area contributed by atoms with E-state index in [0.29, 0.717) is 25.3 Å². The Bertz CT molecular complexity index is 1330. The van der Waals surface area contributed by atoms with Crippen molar-refractivity contribution in [2.75, 3.05) is 44.6 Å². The quantitative estimate of drug-likeness (QED) is 0.442. The van der Waals surface area contributed by atoms with E-state index in [0.717, 1.165) is 27.8 Å². The van der Waals surface area contributed by atoms with E-state index < -0.39 is 12.1 Å². The van der Waals surface area contributed by atoms with E-state index in [4.69, 9.17) is 4.74 Å². The number of piperazine rings is 1. The van der Waals surface area contributed by atoms with Crippen molar-refractivity contribution in [1.82, 2.24) is 15.1 Å². The third-order valence-corrected chi connectivity index (χ3v) is 7.69. The van der Waals surface area contributed by atoms with Crippen molar-refractivity contribution in [2.45, 2.75) is 32.2 Å². The van der Waals surface area contributed by atoms with Crippen LogP contribution in [0.3, 0.4) is 0 Å². The zero-order valence-corrected chi connectivity index (χ0v) is 23.1. The minimum absolute atomic E-state index is 0.0435. The van der Waals surface area contributed by atoms with Gasteiger partial charge in [0.05, 0.1) is 12.6 Å². The van der Waals surface area contributed by atoms with E-state index in [1.54, 1.807) is 9.80 Å². The van der Waals surface area contributed by atoms with Crippen molar-refractivity contribution in [2.24, 2.45) is 0 Å². The van der Waals surface area contributed by atoms with Crippen molar-refractivity contribution in [1.29, 1.82) is 0 Å². The summed E-state index contributed by atoms with van der Waals surface area (Å²) in [6.07, 6.45) is -0.406. The highest BCUT2D eigenvalue weighted by atomic mass is 16.6. The average molecular weight is 541 g/mol. The number of nitrogens with one attached hydrogen (secondary N) is 2. The van der Waals surface area contributed by atoms with E-state index in [-0.39, 0.29) is 43.8 Å². The zero-order valence-electron chi connectivity index (χ0n) is 23.1. The Kier molecular flexibility index (Phi) is 8.45. The topological polar surface area (TPSA) is 91.0 Å². The Morgan fingerprint density at radius 3 is 2.20 bits per heavy atom. The fourth-order valence-corrected chi connectivity index (χ4v) is 5.58. The number of carbonyl (C=O) groups is 3. The van der Waals surface area contributed by atoms with Gasteiger partial charge in [0.2, 0.25) is 11.8 Å². The maximum atomic E-state index is 13.5. The molecule has 1 aliphatic heterocycles. The summed E-state index contributed by atoms with van der Waals surface area (Å²) >= 11 is 0. The zero-order chi connectivity index (χ0) is 28.1. The Morgan fingerprint density at radius 2 is 1.55 bits per heavy atom. The van der Waals surface area contributed by atoms with Crippen LogP contribution in [0.15, 0.2) is 72.8 Å². The van der Waals surface area contributed by atoms with Crippen LogP contribution in [-0.4, -0.2) is 73.1 Å². The molecule has 5 rings (SSSR count). The number of nitrogens with zero attached hydrogens (tertiary/aromatic N) is 2. The number of rotatable bonds is 8. The standard InChI is InChI=1S/C32H36N4O4/c1-3-33-19-31(38)35-16-17-36(24(20-35)18-30(37)34-23-14-12-22(2)13-15-23)32(39)40-21-29-27-10-6-4-8-25(27)26-9-5-7-11-28(26)29/h4-15,24,29,33H,3,16-21H2,1-2H3,(H,34,37). The fourth-order valence-electron chi connectivity index (χ4n) is 5.58. The molecule has 1 aliphatic carbocycles. The lowest BCUT2D eigenvalue weighted by atomic mass is 9.98. The van der Waals surface area contributed by atoms with Gasteiger partial charge in [-0.05, 0) is 47.9 Å². The number of aryl methyl sites for hydroxylation is 1. The summed E-state index contributed by atoms with van der Waals surface area (Å²) in [5.74, 6) is -0.313. The lowest BCUT2D eigenvalue weighted by Crippen LogP contribution is -2.58. The number of ether oxygens (including phenoxy) is 1. The van der Waals surface area contributed by atoms with Crippen molar-refractivity contribution < 1.29 is 19.1 Å². The maximum absolute atomic E-state index is 13.5. The Labute approximate surface area is 235 Å². The second-order valence-electron chi connectivity index (χ2n) is 10.4. The maximum Gasteiger partial charge on any atom is 0.410 e. The first-order chi connectivity index (χ1) is 19.4. The van der Waals surface area contributed by atoms with E-state index >= 15 is 0 Å². The van der Waals surface area contributed by atoms with Gasteiger partial charge in [-0.15, -0.1) is 0 Å². The van der Waals surface area contributed by atoms with Gasteiger partial charge in [0.15, 0.2) is 0 Å². The highest BCUT2D eigenvalue weighted by molar-refractivity contribution is 5.91. The van der Waals surface area contributed by atoms with Crippen LogP contribution in [0.5, 0.6) is 0 Å². The van der Waals surface area contributed by atoms with Crippen LogP contribution in [0.2, 0.25) is 0 Å². The van der Waals surface area contributed by atoms with Gasteiger partial charge < -0.3 is 25.2 Å². The van der Waals surface area contributed by atoms with E-state index in [9.17, 15) is 14.4 Å². The summed E-state index contributed by atoms with van der Waals surface area (Å²) in [5, 5.41) is 5.98. The van der Waals surface area contributed by atoms with Crippen LogP contribution in [-0.2, 0) is 14.3 Å². The molecule has 0 aromatic heterocycles. The molecule has 0 spiro atoms. The third kappa shape index (κ3) is 6.02. The van der Waals surface area contributed by atoms with Gasteiger partial charge in [0.25, 0.3) is 0 Å². The highest BCUT2D eigenvalue weighted by Gasteiger charge is 2.36. The molecule has 0 saturated carbocycles. The predicted molar refractivity (Wildman–Crippen MR) is 155 cm³/mol. The van der Waals surface area contributed by atoms with Crippen LogP contribution in [0, 0.1) is 6.92 Å². The van der Waals surface area contributed by atoms with Gasteiger partial charge in [-0.2, -0.15) is 0 Å². The van der Waals surface area contributed by atoms with Crippen LogP contribution in [0.1, 0.15) is 36.0 Å². The summed E-state index contributed by atoms with van der Waals surface area (Å²) < 4.78 is 5.92. The van der Waals surface area contributed by atoms with Gasteiger partial charge in [-0.1, -0.05) is 73.2 Å². The molecule has 2 aliphatic rings. The second-order valence-corrected chi connectivity index (χ2v) is 10.4. The summed E-state index contributed by atoms with van der Waals surface area (Å²) in [4.78, 5) is 42.6. The Balaban J connectivity index is 1.28. The number of hydrogen-bond acceptors (Lipinski definition) is 5. The number of fused-ring (bicyclic) bond motifs is 3. The SMILES string of the molecule is CCNCC(=O)N1CCN(C(=O)OCC2c3ccccc3-c3ccccc32)C(CC(=O)Nc2ccc(C)cc2)C1. The van der Waals surface area contributed by atoms with Crippen LogP contribution < -0.4 is 10.6 Å². The normalized spacial score (nSPS) is 16.3. The molecule has 8 heteroatoms. The number of anilines is 1. The first-order valence-corrected chi connectivity index (χ1v) is 13.9. The van der Waals surface area contributed by atoms with Crippen LogP contribution in [0.4, 0.5) is 10.5 Å². The summed E-state index contributed by atoms with van der Waals surface area (Å²) in [6, 6.07) is 23.5. The largest absolute Gasteiger partial charge is 0.448 e. The van der Waals surface area contributed by atoms with Crippen molar-refractivity contribution in [3.63, 3.8) is 0 Å². The molecule has 8 nitrogen and oxygen atoms in total. The van der Waals surface area contributed by atoms with Gasteiger partial charge in [-0.3, -0.25) is 9.59 Å². The molecule has 0 bridgehead atoms. The molecule has 1 atom stereocenters. The lowest BCUT2D eigenvalue weighted by Gasteiger charge is -2.40. The smallest absolute Gasteiger partial charge is 0.410 e. The van der Waals surface area contributed by atoms with Gasteiger partial charge in [0.1, 0.15) is 6.61 Å². The highest BCUT2D eigenvalue weighted by Crippen LogP contribution is 2.44. The molecular weight excluding hydrogens is 504 g/mol. The van der Waals surface area contributed by atoms with Crippen LogP contribution in [0.25, 0.3) is 11.1 Å². The van der Waals surface area contributed by atoms with E-state index in [2.05, 4.69) is 34.9 Å². The monoisotopic (exact) mass is 540 g/mol. The minimum atomic E-state index is -0.500. The number of hydrogen-bond donors (Lipinski definition) is 2. The van der Waals surface area contributed by atoms with Crippen molar-refractivity contribution in [3.05, 3.63) is 89.5 Å². The Hall–Kier alpha value is -4.17. The summed E-state index contributed by atoms with van der Waals surface area (Å²) in [5.41, 5.74) is 6.41. The molecule has 1 saturated heterocycles. The molecule has 40 heavy (non-hydrogen) atoms. The van der Waals surface area contributed by atoms with Gasteiger partial charge in [-0.25, -0.2) is 4.79 Å². The van der Waals surface area contributed by atoms with Crippen molar-refractivity contribution >= 4 is 23.6 Å². The molecule has 3 amide bonds. The molecule has 2 N–H and O–H groups in total. The van der Waals surface area contributed by atoms with E-state index in [1.807, 2.05) is 62.4 Å². The molecule has 1 fully saturated rings. The summed E-state index contributed by atoms with van der Waals surface area (Å²) in [6.45, 7) is 6.02. The average Bonchev–Trinajstić information content (AvgIpc) is 3.29. The molecule has 3 aromatic rings. The molecule has 1 heterocycles. The van der Waals surface area contributed by atoms with Crippen molar-refractivity contribution in [3.8, 4) is 11.1 Å². The third-order valence-electron chi connectivity index (χ3n) is 7.69. The first kappa shape index (κ1) is 27.4. The molecule has 208 valence electrons. The number of benzene rings is 3. The predicted octanol–water partition coefficient (Wildman–Crippen LogP) is 4.40. The molecular formula is C32H36N4O4. The lowest BCUT2D eigenvalue weighted by molar-refractivity contribution is -0.134. The number of amides is 3. The second kappa shape index (κ2) is 12.3. The minimum Gasteiger partial charge on any atom is -0.448 e.